The van der Waals surface area contributed by atoms with E-state index in [0.29, 0.717) is 5.92 Å². The van der Waals surface area contributed by atoms with Crippen LogP contribution in [0.1, 0.15) is 46.0 Å². The molecule has 0 bridgehead atoms. The van der Waals surface area contributed by atoms with Gasteiger partial charge in [0.05, 0.1) is 6.42 Å². The molecule has 1 fully saturated rings. The van der Waals surface area contributed by atoms with Crippen molar-refractivity contribution in [3.05, 3.63) is 0 Å². The van der Waals surface area contributed by atoms with Gasteiger partial charge in [-0.15, -0.1) is 0 Å². The predicted octanol–water partition coefficient (Wildman–Crippen LogP) is 1.73. The molecule has 3 atom stereocenters. The number of hydrogen-bond acceptors (Lipinski definition) is 2. The molecule has 0 saturated heterocycles. The number of aliphatic carboxylic acids is 1. The van der Waals surface area contributed by atoms with E-state index in [1.54, 1.807) is 6.92 Å². The second-order valence-electron chi connectivity index (χ2n) is 5.09. The van der Waals surface area contributed by atoms with Gasteiger partial charge in [-0.2, -0.15) is 0 Å². The molecule has 0 aromatic carbocycles. The highest BCUT2D eigenvalue weighted by atomic mass is 16.4. The summed E-state index contributed by atoms with van der Waals surface area (Å²) in [7, 11) is 0. The molecular formula is C12H22N2O3. The van der Waals surface area contributed by atoms with Crippen LogP contribution in [0.2, 0.25) is 0 Å². The van der Waals surface area contributed by atoms with Crippen molar-refractivity contribution in [3.63, 3.8) is 0 Å². The van der Waals surface area contributed by atoms with Gasteiger partial charge in [-0.25, -0.2) is 4.79 Å². The molecule has 3 N–H and O–H groups in total. The maximum Gasteiger partial charge on any atom is 0.315 e. The monoisotopic (exact) mass is 242 g/mol. The van der Waals surface area contributed by atoms with Gasteiger partial charge in [0.2, 0.25) is 0 Å². The summed E-state index contributed by atoms with van der Waals surface area (Å²) < 4.78 is 0. The van der Waals surface area contributed by atoms with Crippen LogP contribution in [0.25, 0.3) is 0 Å². The number of nitrogens with one attached hydrogen (secondary N) is 2. The summed E-state index contributed by atoms with van der Waals surface area (Å²) in [6.07, 6.45) is 4.37. The molecule has 0 aliphatic heterocycles. The zero-order valence-corrected chi connectivity index (χ0v) is 10.5. The summed E-state index contributed by atoms with van der Waals surface area (Å²) >= 11 is 0. The van der Waals surface area contributed by atoms with Crippen molar-refractivity contribution >= 4 is 12.0 Å². The molecule has 0 heterocycles. The number of rotatable bonds is 4. The minimum Gasteiger partial charge on any atom is -0.481 e. The lowest BCUT2D eigenvalue weighted by atomic mass is 9.87. The van der Waals surface area contributed by atoms with Gasteiger partial charge in [0.25, 0.3) is 0 Å². The minimum absolute atomic E-state index is 0.0471. The van der Waals surface area contributed by atoms with E-state index in [-0.39, 0.29) is 24.5 Å². The van der Waals surface area contributed by atoms with E-state index >= 15 is 0 Å². The third kappa shape index (κ3) is 5.56. The van der Waals surface area contributed by atoms with E-state index in [9.17, 15) is 9.59 Å². The lowest BCUT2D eigenvalue weighted by molar-refractivity contribution is -0.137. The molecular weight excluding hydrogens is 220 g/mol. The van der Waals surface area contributed by atoms with E-state index in [2.05, 4.69) is 17.6 Å². The lowest BCUT2D eigenvalue weighted by Gasteiger charge is -2.28. The maximum absolute atomic E-state index is 11.6. The molecule has 0 aromatic heterocycles. The molecule has 0 spiro atoms. The van der Waals surface area contributed by atoms with Crippen LogP contribution >= 0.6 is 0 Å². The fraction of sp³-hybridized carbons (Fsp3) is 0.833. The van der Waals surface area contributed by atoms with Crippen molar-refractivity contribution in [2.24, 2.45) is 5.92 Å². The smallest absolute Gasteiger partial charge is 0.315 e. The van der Waals surface area contributed by atoms with Crippen LogP contribution in [0, 0.1) is 5.92 Å². The number of carboxylic acid groups (broad SMARTS) is 1. The van der Waals surface area contributed by atoms with Crippen LogP contribution in [0.4, 0.5) is 4.79 Å². The molecule has 98 valence electrons. The van der Waals surface area contributed by atoms with Crippen molar-refractivity contribution in [2.75, 3.05) is 0 Å². The molecule has 0 radical (unpaired) electrons. The van der Waals surface area contributed by atoms with Crippen molar-refractivity contribution < 1.29 is 14.7 Å². The molecule has 5 heteroatoms. The predicted molar refractivity (Wildman–Crippen MR) is 64.8 cm³/mol. The van der Waals surface area contributed by atoms with Gasteiger partial charge < -0.3 is 15.7 Å². The van der Waals surface area contributed by atoms with Crippen LogP contribution in [0.3, 0.4) is 0 Å². The van der Waals surface area contributed by atoms with E-state index in [1.165, 1.54) is 6.42 Å². The van der Waals surface area contributed by atoms with Crippen LogP contribution in [-0.2, 0) is 4.79 Å². The van der Waals surface area contributed by atoms with Gasteiger partial charge in [-0.1, -0.05) is 19.8 Å². The fourth-order valence-corrected chi connectivity index (χ4v) is 2.33. The van der Waals surface area contributed by atoms with Crippen LogP contribution in [-0.4, -0.2) is 29.2 Å². The third-order valence-electron chi connectivity index (χ3n) is 3.13. The molecule has 1 saturated carbocycles. The quantitative estimate of drug-likeness (QED) is 0.702. The summed E-state index contributed by atoms with van der Waals surface area (Å²) in [5.41, 5.74) is 0. The summed E-state index contributed by atoms with van der Waals surface area (Å²) in [6.45, 7) is 3.88. The average molecular weight is 242 g/mol. The molecule has 2 amide bonds. The normalized spacial score (nSPS) is 26.0. The highest BCUT2D eigenvalue weighted by Gasteiger charge is 2.21. The first kappa shape index (κ1) is 13.8. The Morgan fingerprint density at radius 1 is 1.41 bits per heavy atom. The number of amides is 2. The lowest BCUT2D eigenvalue weighted by Crippen LogP contribution is -2.47. The Balaban J connectivity index is 2.26. The number of carbonyl (C=O) groups is 2. The zero-order valence-electron chi connectivity index (χ0n) is 10.5. The van der Waals surface area contributed by atoms with Crippen molar-refractivity contribution in [3.8, 4) is 0 Å². The van der Waals surface area contributed by atoms with Crippen molar-refractivity contribution in [2.45, 2.75) is 58.0 Å². The highest BCUT2D eigenvalue weighted by molar-refractivity contribution is 5.75. The molecule has 0 aromatic rings. The van der Waals surface area contributed by atoms with Crippen LogP contribution in [0.5, 0.6) is 0 Å². The Hall–Kier alpha value is -1.26. The molecule has 17 heavy (non-hydrogen) atoms. The van der Waals surface area contributed by atoms with Gasteiger partial charge in [0.15, 0.2) is 0 Å². The number of carbonyl (C=O) groups excluding carboxylic acids is 1. The zero-order chi connectivity index (χ0) is 12.8. The summed E-state index contributed by atoms with van der Waals surface area (Å²) in [5, 5.41) is 14.1. The third-order valence-corrected chi connectivity index (χ3v) is 3.13. The Morgan fingerprint density at radius 2 is 2.12 bits per heavy atom. The van der Waals surface area contributed by atoms with Crippen molar-refractivity contribution in [1.82, 2.24) is 10.6 Å². The van der Waals surface area contributed by atoms with E-state index in [4.69, 9.17) is 5.11 Å². The van der Waals surface area contributed by atoms with Gasteiger partial charge in [-0.3, -0.25) is 4.79 Å². The Bertz CT molecular complexity index is 281. The Kier molecular flexibility index (Phi) is 5.25. The molecule has 1 rings (SSSR count). The second kappa shape index (κ2) is 6.47. The number of urea groups is 1. The molecule has 1 aliphatic carbocycles. The van der Waals surface area contributed by atoms with Gasteiger partial charge in [-0.05, 0) is 25.7 Å². The molecule has 5 nitrogen and oxygen atoms in total. The molecule has 3 unspecified atom stereocenters. The fourth-order valence-electron chi connectivity index (χ4n) is 2.33. The first-order valence-corrected chi connectivity index (χ1v) is 6.26. The highest BCUT2D eigenvalue weighted by Crippen LogP contribution is 2.23. The van der Waals surface area contributed by atoms with Gasteiger partial charge in [0.1, 0.15) is 0 Å². The second-order valence-corrected chi connectivity index (χ2v) is 5.09. The SMILES string of the molecule is CC1CCCC(NC(=O)NC(C)CC(=O)O)C1. The Morgan fingerprint density at radius 3 is 2.71 bits per heavy atom. The van der Waals surface area contributed by atoms with Crippen molar-refractivity contribution in [1.29, 1.82) is 0 Å². The van der Waals surface area contributed by atoms with Crippen LogP contribution in [0.15, 0.2) is 0 Å². The minimum atomic E-state index is -0.899. The summed E-state index contributed by atoms with van der Waals surface area (Å²) in [5.74, 6) is -0.241. The first-order chi connectivity index (χ1) is 7.97. The first-order valence-electron chi connectivity index (χ1n) is 6.26. The van der Waals surface area contributed by atoms with E-state index < -0.39 is 5.97 Å². The van der Waals surface area contributed by atoms with E-state index in [1.807, 2.05) is 0 Å². The van der Waals surface area contributed by atoms with Gasteiger partial charge in [0, 0.05) is 12.1 Å². The summed E-state index contributed by atoms with van der Waals surface area (Å²) in [6, 6.07) is -0.359. The standard InChI is InChI=1S/C12H22N2O3/c1-8-4-3-5-10(6-8)14-12(17)13-9(2)7-11(15)16/h8-10H,3-7H2,1-2H3,(H,15,16)(H2,13,14,17). The van der Waals surface area contributed by atoms with Crippen LogP contribution < -0.4 is 10.6 Å². The Labute approximate surface area is 102 Å². The largest absolute Gasteiger partial charge is 0.481 e. The molecule has 1 aliphatic rings. The van der Waals surface area contributed by atoms with E-state index in [0.717, 1.165) is 19.3 Å². The average Bonchev–Trinajstić information content (AvgIpc) is 2.14. The maximum atomic E-state index is 11.6. The number of hydrogen-bond donors (Lipinski definition) is 3. The summed E-state index contributed by atoms with van der Waals surface area (Å²) in [4.78, 5) is 22.0. The number of carboxylic acids is 1. The topological polar surface area (TPSA) is 78.4 Å². The van der Waals surface area contributed by atoms with Gasteiger partial charge >= 0.3 is 12.0 Å².